The van der Waals surface area contributed by atoms with Gasteiger partial charge in [0, 0.05) is 13.1 Å². The van der Waals surface area contributed by atoms with E-state index in [1.165, 1.54) is 6.07 Å². The molecule has 1 aromatic rings. The maximum Gasteiger partial charge on any atom is 0.435 e. The second kappa shape index (κ2) is 5.73. The summed E-state index contributed by atoms with van der Waals surface area (Å²) in [5, 5.41) is 6.94. The summed E-state index contributed by atoms with van der Waals surface area (Å²) in [6.45, 7) is 2.23. The Morgan fingerprint density at radius 1 is 1.32 bits per heavy atom. The molecule has 7 heteroatoms. The van der Waals surface area contributed by atoms with E-state index in [2.05, 4.69) is 10.2 Å². The Kier molecular flexibility index (Phi) is 4.24. The Hall–Kier alpha value is -1.37. The average Bonchev–Trinajstić information content (AvgIpc) is 2.39. The lowest BCUT2D eigenvalue weighted by atomic mass is 9.95. The van der Waals surface area contributed by atoms with Gasteiger partial charge < -0.3 is 10.6 Å². The van der Waals surface area contributed by atoms with Crippen molar-refractivity contribution >= 4 is 5.82 Å². The van der Waals surface area contributed by atoms with Gasteiger partial charge in [0.05, 0.1) is 0 Å². The monoisotopic (exact) mass is 274 g/mol. The summed E-state index contributed by atoms with van der Waals surface area (Å²) in [6.07, 6.45) is -1.38. The highest BCUT2D eigenvalue weighted by Crippen LogP contribution is 2.28. The molecule has 4 nitrogen and oxygen atoms in total. The predicted molar refractivity (Wildman–Crippen MR) is 65.6 cm³/mol. The minimum Gasteiger partial charge on any atom is -0.355 e. The first-order valence-corrected chi connectivity index (χ1v) is 6.36. The zero-order valence-electron chi connectivity index (χ0n) is 10.5. The maximum absolute atomic E-state index is 12.4. The van der Waals surface area contributed by atoms with Gasteiger partial charge in [-0.15, -0.1) is 10.2 Å². The van der Waals surface area contributed by atoms with Gasteiger partial charge in [-0.3, -0.25) is 0 Å². The van der Waals surface area contributed by atoms with E-state index in [9.17, 15) is 13.2 Å². The number of hydrogen-bond acceptors (Lipinski definition) is 4. The Morgan fingerprint density at radius 3 is 2.68 bits per heavy atom. The number of anilines is 1. The number of rotatable bonds is 3. The Bertz CT molecular complexity index is 402. The van der Waals surface area contributed by atoms with Crippen LogP contribution in [0.3, 0.4) is 0 Å². The van der Waals surface area contributed by atoms with Crippen molar-refractivity contribution in [2.75, 3.05) is 24.5 Å². The Labute approximate surface area is 109 Å². The molecule has 19 heavy (non-hydrogen) atoms. The maximum atomic E-state index is 12.4. The lowest BCUT2D eigenvalue weighted by molar-refractivity contribution is -0.141. The lowest BCUT2D eigenvalue weighted by Gasteiger charge is -2.33. The third-order valence-corrected chi connectivity index (χ3v) is 3.36. The van der Waals surface area contributed by atoms with Crippen molar-refractivity contribution in [1.82, 2.24) is 10.2 Å². The predicted octanol–water partition coefficient (Wildman–Crippen LogP) is 2.06. The quantitative estimate of drug-likeness (QED) is 0.916. The molecule has 2 N–H and O–H groups in total. The zero-order chi connectivity index (χ0) is 13.9. The highest BCUT2D eigenvalue weighted by atomic mass is 19.4. The molecule has 1 unspecified atom stereocenters. The van der Waals surface area contributed by atoms with Crippen LogP contribution in [0.1, 0.15) is 25.0 Å². The molecule has 0 radical (unpaired) electrons. The van der Waals surface area contributed by atoms with Crippen molar-refractivity contribution in [3.05, 3.63) is 17.8 Å². The summed E-state index contributed by atoms with van der Waals surface area (Å²) in [5.74, 6) is 0.998. The van der Waals surface area contributed by atoms with Gasteiger partial charge in [-0.1, -0.05) is 0 Å². The molecule has 0 amide bonds. The van der Waals surface area contributed by atoms with Crippen molar-refractivity contribution in [2.45, 2.75) is 25.4 Å². The minimum absolute atomic E-state index is 0.489. The number of hydrogen-bond donors (Lipinski definition) is 1. The van der Waals surface area contributed by atoms with Gasteiger partial charge in [0.15, 0.2) is 11.5 Å². The molecule has 1 atom stereocenters. The van der Waals surface area contributed by atoms with E-state index in [0.717, 1.165) is 38.4 Å². The van der Waals surface area contributed by atoms with E-state index in [1.54, 1.807) is 0 Å². The molecule has 2 heterocycles. The fourth-order valence-corrected chi connectivity index (χ4v) is 2.39. The molecular weight excluding hydrogens is 257 g/mol. The van der Waals surface area contributed by atoms with Crippen LogP contribution in [0.4, 0.5) is 19.0 Å². The molecule has 0 aliphatic carbocycles. The van der Waals surface area contributed by atoms with Crippen molar-refractivity contribution in [1.29, 1.82) is 0 Å². The molecule has 0 aromatic carbocycles. The molecular formula is C12H17F3N4. The molecule has 0 saturated carbocycles. The van der Waals surface area contributed by atoms with Gasteiger partial charge >= 0.3 is 6.18 Å². The summed E-state index contributed by atoms with van der Waals surface area (Å²) in [4.78, 5) is 1.98. The topological polar surface area (TPSA) is 55.0 Å². The smallest absolute Gasteiger partial charge is 0.355 e. The van der Waals surface area contributed by atoms with E-state index >= 15 is 0 Å². The van der Waals surface area contributed by atoms with Gasteiger partial charge in [0.1, 0.15) is 0 Å². The minimum atomic E-state index is -4.44. The highest BCUT2D eigenvalue weighted by Gasteiger charge is 2.33. The van der Waals surface area contributed by atoms with Crippen molar-refractivity contribution < 1.29 is 13.2 Å². The third kappa shape index (κ3) is 3.56. The first-order valence-electron chi connectivity index (χ1n) is 6.36. The number of alkyl halides is 3. The number of halogens is 3. The van der Waals surface area contributed by atoms with Crippen LogP contribution >= 0.6 is 0 Å². The molecule has 1 aliphatic rings. The summed E-state index contributed by atoms with van der Waals surface area (Å²) < 4.78 is 37.2. The molecule has 1 fully saturated rings. The highest BCUT2D eigenvalue weighted by molar-refractivity contribution is 5.38. The largest absolute Gasteiger partial charge is 0.435 e. The van der Waals surface area contributed by atoms with E-state index in [4.69, 9.17) is 5.73 Å². The molecule has 0 spiro atoms. The van der Waals surface area contributed by atoms with Gasteiger partial charge in [0.2, 0.25) is 0 Å². The van der Waals surface area contributed by atoms with Gasteiger partial charge in [-0.2, -0.15) is 13.2 Å². The zero-order valence-corrected chi connectivity index (χ0v) is 10.5. The fraction of sp³-hybridized carbons (Fsp3) is 0.667. The fourth-order valence-electron chi connectivity index (χ4n) is 2.39. The Morgan fingerprint density at radius 2 is 2.11 bits per heavy atom. The molecule has 1 aromatic heterocycles. The number of piperidine rings is 1. The lowest BCUT2D eigenvalue weighted by Crippen LogP contribution is -2.36. The van der Waals surface area contributed by atoms with Crippen molar-refractivity contribution in [3.63, 3.8) is 0 Å². The summed E-state index contributed by atoms with van der Waals surface area (Å²) in [5.41, 5.74) is 4.59. The second-order valence-electron chi connectivity index (χ2n) is 4.81. The van der Waals surface area contributed by atoms with Gasteiger partial charge in [-0.05, 0) is 43.9 Å². The molecule has 0 bridgehead atoms. The molecule has 1 aliphatic heterocycles. The van der Waals surface area contributed by atoms with Gasteiger partial charge in [0.25, 0.3) is 0 Å². The van der Waals surface area contributed by atoms with Crippen LogP contribution in [0.5, 0.6) is 0 Å². The molecule has 2 rings (SSSR count). The third-order valence-electron chi connectivity index (χ3n) is 3.36. The van der Waals surface area contributed by atoms with E-state index < -0.39 is 11.9 Å². The summed E-state index contributed by atoms with van der Waals surface area (Å²) in [6, 6.07) is 2.37. The average molecular weight is 274 g/mol. The Balaban J connectivity index is 2.05. The van der Waals surface area contributed by atoms with Gasteiger partial charge in [-0.25, -0.2) is 0 Å². The summed E-state index contributed by atoms with van der Waals surface area (Å²) >= 11 is 0. The standard InChI is InChI=1S/C12H17F3N4/c13-12(14,15)10-3-4-11(18-17-10)19-7-1-2-9(8-19)5-6-16/h3-4,9H,1-2,5-8,16H2. The second-order valence-corrected chi connectivity index (χ2v) is 4.81. The first kappa shape index (κ1) is 14.0. The van der Waals surface area contributed by atoms with Crippen LogP contribution in [0.15, 0.2) is 12.1 Å². The van der Waals surface area contributed by atoms with E-state index in [0.29, 0.717) is 18.3 Å². The number of nitrogens with zero attached hydrogens (tertiary/aromatic N) is 3. The normalized spacial score (nSPS) is 20.6. The van der Waals surface area contributed by atoms with E-state index in [1.807, 2.05) is 4.90 Å². The van der Waals surface area contributed by atoms with Crippen LogP contribution in [-0.4, -0.2) is 29.8 Å². The van der Waals surface area contributed by atoms with Crippen LogP contribution < -0.4 is 10.6 Å². The first-order chi connectivity index (χ1) is 9.00. The number of aromatic nitrogens is 2. The molecule has 106 valence electrons. The van der Waals surface area contributed by atoms with Crippen LogP contribution in [0, 0.1) is 5.92 Å². The van der Waals surface area contributed by atoms with Crippen LogP contribution in [0.2, 0.25) is 0 Å². The number of nitrogens with two attached hydrogens (primary N) is 1. The molecule has 1 saturated heterocycles. The SMILES string of the molecule is NCCC1CCCN(c2ccc(C(F)(F)F)nn2)C1. The summed E-state index contributed by atoms with van der Waals surface area (Å²) in [7, 11) is 0. The van der Waals surface area contributed by atoms with Crippen LogP contribution in [0.25, 0.3) is 0 Å². The van der Waals surface area contributed by atoms with Crippen molar-refractivity contribution in [3.8, 4) is 0 Å². The van der Waals surface area contributed by atoms with Crippen molar-refractivity contribution in [2.24, 2.45) is 11.7 Å². The van der Waals surface area contributed by atoms with E-state index in [-0.39, 0.29) is 0 Å². The van der Waals surface area contributed by atoms with Crippen LogP contribution in [-0.2, 0) is 6.18 Å².